The van der Waals surface area contributed by atoms with E-state index >= 15 is 0 Å². The minimum absolute atomic E-state index is 0.0177. The fourth-order valence-electron chi connectivity index (χ4n) is 2.18. The summed E-state index contributed by atoms with van der Waals surface area (Å²) in [5.41, 5.74) is 0.841. The Hall–Kier alpha value is -0.810. The molecule has 0 spiro atoms. The van der Waals surface area contributed by atoms with E-state index < -0.39 is 0 Å². The van der Waals surface area contributed by atoms with Gasteiger partial charge in [-0.05, 0) is 40.3 Å². The molecular weight excluding hydrogens is 296 g/mol. The lowest BCUT2D eigenvalue weighted by Crippen LogP contribution is -2.39. The first kappa shape index (κ1) is 13.6. The molecule has 18 heavy (non-hydrogen) atoms. The maximum Gasteiger partial charge on any atom is 0.267 e. The smallest absolute Gasteiger partial charge is 0.267 e. The number of amides is 1. The van der Waals surface area contributed by atoms with Crippen LogP contribution >= 0.6 is 15.9 Å². The van der Waals surface area contributed by atoms with Gasteiger partial charge in [0.1, 0.15) is 5.69 Å². The predicted octanol–water partition coefficient (Wildman–Crippen LogP) is 2.33. The van der Waals surface area contributed by atoms with E-state index in [1.807, 2.05) is 23.9 Å². The van der Waals surface area contributed by atoms with Crippen molar-refractivity contribution in [3.63, 3.8) is 0 Å². The van der Waals surface area contributed by atoms with E-state index in [9.17, 15) is 4.79 Å². The minimum Gasteiger partial charge on any atom is -0.381 e. The van der Waals surface area contributed by atoms with Crippen molar-refractivity contribution >= 4 is 21.8 Å². The second-order valence-corrected chi connectivity index (χ2v) is 6.18. The molecule has 0 aromatic carbocycles. The van der Waals surface area contributed by atoms with Gasteiger partial charge in [0, 0.05) is 37.5 Å². The van der Waals surface area contributed by atoms with Crippen LogP contribution in [0.15, 0.2) is 16.7 Å². The number of hydrogen-bond acceptors (Lipinski definition) is 2. The van der Waals surface area contributed by atoms with Crippen molar-refractivity contribution < 1.29 is 9.53 Å². The molecule has 1 aromatic heterocycles. The molecule has 1 aliphatic heterocycles. The van der Waals surface area contributed by atoms with Crippen LogP contribution in [0, 0.1) is 5.41 Å². The van der Waals surface area contributed by atoms with Crippen LogP contribution in [0.25, 0.3) is 0 Å². The zero-order valence-electron chi connectivity index (χ0n) is 10.8. The molecule has 100 valence electrons. The molecule has 1 aromatic rings. The van der Waals surface area contributed by atoms with Crippen LogP contribution in [-0.2, 0) is 11.8 Å². The van der Waals surface area contributed by atoms with Gasteiger partial charge in [0.15, 0.2) is 0 Å². The van der Waals surface area contributed by atoms with E-state index in [1.54, 1.807) is 0 Å². The number of nitrogens with zero attached hydrogens (tertiary/aromatic N) is 1. The molecule has 2 rings (SSSR count). The Morgan fingerprint density at radius 1 is 1.56 bits per heavy atom. The highest BCUT2D eigenvalue weighted by molar-refractivity contribution is 9.10. The Balaban J connectivity index is 1.94. The quantitative estimate of drug-likeness (QED) is 0.930. The fraction of sp³-hybridized carbons (Fsp3) is 0.615. The van der Waals surface area contributed by atoms with Crippen molar-refractivity contribution in [1.82, 2.24) is 9.88 Å². The average molecular weight is 315 g/mol. The summed E-state index contributed by atoms with van der Waals surface area (Å²) >= 11 is 3.37. The van der Waals surface area contributed by atoms with Crippen LogP contribution in [0.5, 0.6) is 0 Å². The third kappa shape index (κ3) is 3.14. The van der Waals surface area contributed by atoms with Crippen LogP contribution in [0.3, 0.4) is 0 Å². The van der Waals surface area contributed by atoms with Gasteiger partial charge in [-0.25, -0.2) is 0 Å². The van der Waals surface area contributed by atoms with E-state index in [4.69, 9.17) is 4.74 Å². The summed E-state index contributed by atoms with van der Waals surface area (Å²) in [7, 11) is 1.87. The highest BCUT2D eigenvalue weighted by atomic mass is 79.9. The first-order chi connectivity index (χ1) is 8.50. The van der Waals surface area contributed by atoms with Gasteiger partial charge < -0.3 is 14.6 Å². The molecule has 0 saturated carbocycles. The molecule has 4 nitrogen and oxygen atoms in total. The molecule has 1 fully saturated rings. The van der Waals surface area contributed by atoms with Crippen molar-refractivity contribution in [3.05, 3.63) is 22.4 Å². The molecule has 0 unspecified atom stereocenters. The molecule has 2 heterocycles. The van der Waals surface area contributed by atoms with Gasteiger partial charge in [-0.1, -0.05) is 6.92 Å². The topological polar surface area (TPSA) is 43.3 Å². The number of carbonyl (C=O) groups excluding carboxylic acids is 1. The zero-order valence-corrected chi connectivity index (χ0v) is 12.4. The molecule has 5 heteroatoms. The Labute approximate surface area is 116 Å². The van der Waals surface area contributed by atoms with Crippen LogP contribution in [0.4, 0.5) is 0 Å². The maximum absolute atomic E-state index is 12.1. The second kappa shape index (κ2) is 5.45. The van der Waals surface area contributed by atoms with Crippen LogP contribution in [0.2, 0.25) is 0 Å². The van der Waals surface area contributed by atoms with Crippen molar-refractivity contribution in [1.29, 1.82) is 0 Å². The first-order valence-corrected chi connectivity index (χ1v) is 6.97. The van der Waals surface area contributed by atoms with Gasteiger partial charge in [-0.3, -0.25) is 4.79 Å². The van der Waals surface area contributed by atoms with Gasteiger partial charge in [-0.2, -0.15) is 0 Å². The standard InChI is InChI=1S/C13H19BrN2O2/c1-13(3-5-18-6-4-13)9-15-12(17)11-7-10(14)8-16(11)2/h7-8H,3-6,9H2,1-2H3,(H,15,17). The largest absolute Gasteiger partial charge is 0.381 e. The molecule has 1 amide bonds. The average Bonchev–Trinajstić information content (AvgIpc) is 2.67. The molecular formula is C13H19BrN2O2. The normalized spacial score (nSPS) is 18.6. The van der Waals surface area contributed by atoms with Crippen LogP contribution in [-0.4, -0.2) is 30.2 Å². The van der Waals surface area contributed by atoms with Gasteiger partial charge >= 0.3 is 0 Å². The van der Waals surface area contributed by atoms with Gasteiger partial charge in [0.25, 0.3) is 5.91 Å². The van der Waals surface area contributed by atoms with E-state index in [2.05, 4.69) is 28.2 Å². The highest BCUT2D eigenvalue weighted by Crippen LogP contribution is 2.28. The van der Waals surface area contributed by atoms with Crippen molar-refractivity contribution in [3.8, 4) is 0 Å². The molecule has 1 saturated heterocycles. The van der Waals surface area contributed by atoms with E-state index in [-0.39, 0.29) is 11.3 Å². The summed E-state index contributed by atoms with van der Waals surface area (Å²) in [5.74, 6) is -0.0177. The molecule has 1 aliphatic rings. The Morgan fingerprint density at radius 2 is 2.22 bits per heavy atom. The monoisotopic (exact) mass is 314 g/mol. The SMILES string of the molecule is Cn1cc(Br)cc1C(=O)NCC1(C)CCOCC1. The number of nitrogens with one attached hydrogen (secondary N) is 1. The number of hydrogen-bond donors (Lipinski definition) is 1. The number of carbonyl (C=O) groups is 1. The summed E-state index contributed by atoms with van der Waals surface area (Å²) in [6, 6.07) is 1.83. The number of aryl methyl sites for hydroxylation is 1. The zero-order chi connectivity index (χ0) is 13.2. The molecule has 1 N–H and O–H groups in total. The van der Waals surface area contributed by atoms with E-state index in [0.717, 1.165) is 30.5 Å². The fourth-order valence-corrected chi connectivity index (χ4v) is 2.70. The van der Waals surface area contributed by atoms with Gasteiger partial charge in [0.05, 0.1) is 0 Å². The van der Waals surface area contributed by atoms with Gasteiger partial charge in [0.2, 0.25) is 0 Å². The lowest BCUT2D eigenvalue weighted by molar-refractivity contribution is 0.0238. The lowest BCUT2D eigenvalue weighted by Gasteiger charge is -2.33. The van der Waals surface area contributed by atoms with Crippen molar-refractivity contribution in [2.45, 2.75) is 19.8 Å². The second-order valence-electron chi connectivity index (χ2n) is 5.26. The molecule has 0 radical (unpaired) electrons. The Kier molecular flexibility index (Phi) is 4.12. The number of aromatic nitrogens is 1. The molecule has 0 aliphatic carbocycles. The number of rotatable bonds is 3. The Morgan fingerprint density at radius 3 is 2.78 bits per heavy atom. The number of ether oxygens (including phenoxy) is 1. The third-order valence-corrected chi connectivity index (χ3v) is 4.01. The van der Waals surface area contributed by atoms with Crippen LogP contribution in [0.1, 0.15) is 30.3 Å². The summed E-state index contributed by atoms with van der Waals surface area (Å²) in [4.78, 5) is 12.1. The van der Waals surface area contributed by atoms with E-state index in [0.29, 0.717) is 12.2 Å². The number of halogens is 1. The van der Waals surface area contributed by atoms with Crippen LogP contribution < -0.4 is 5.32 Å². The maximum atomic E-state index is 12.1. The van der Waals surface area contributed by atoms with E-state index in [1.165, 1.54) is 0 Å². The molecule has 0 atom stereocenters. The highest BCUT2D eigenvalue weighted by Gasteiger charge is 2.28. The summed E-state index contributed by atoms with van der Waals surface area (Å²) in [6.07, 6.45) is 3.89. The third-order valence-electron chi connectivity index (χ3n) is 3.58. The summed E-state index contributed by atoms with van der Waals surface area (Å²) in [6.45, 7) is 4.50. The van der Waals surface area contributed by atoms with Gasteiger partial charge in [-0.15, -0.1) is 0 Å². The van der Waals surface area contributed by atoms with Crippen molar-refractivity contribution in [2.75, 3.05) is 19.8 Å². The summed E-state index contributed by atoms with van der Waals surface area (Å²) < 4.78 is 8.10. The lowest BCUT2D eigenvalue weighted by atomic mass is 9.82. The Bertz CT molecular complexity index is 436. The summed E-state index contributed by atoms with van der Waals surface area (Å²) in [5, 5.41) is 3.03. The molecule has 0 bridgehead atoms. The predicted molar refractivity (Wildman–Crippen MR) is 73.6 cm³/mol. The minimum atomic E-state index is -0.0177. The first-order valence-electron chi connectivity index (χ1n) is 6.18. The van der Waals surface area contributed by atoms with Crippen molar-refractivity contribution in [2.24, 2.45) is 12.5 Å².